The highest BCUT2D eigenvalue weighted by Crippen LogP contribution is 2.38. The number of carbonyl (C=O) groups is 1. The Morgan fingerprint density at radius 2 is 1.52 bits per heavy atom. The molecule has 11 heteroatoms. The number of aromatic nitrogens is 1. The standard InChI is InChI=1S/C33H29F3N2O5S/c1-32(2,3)23-11-9-22(10-12-23)29-27-19-24(37-44(41,42)26-16-14-25(15-17-26)43-33(34,35)36)13-18-28(27)38(30(29)31(39)40)20-21-7-5-4-6-8-21/h4-19,37H,20H2,1-3H3,(H,39,40). The quantitative estimate of drug-likeness (QED) is 0.183. The average Bonchev–Trinajstić information content (AvgIpc) is 3.26. The molecule has 0 unspecified atom stereocenters. The molecule has 1 heterocycles. The normalized spacial score (nSPS) is 12.3. The Bertz CT molecular complexity index is 1930. The van der Waals surface area contributed by atoms with Crippen LogP contribution in [0.25, 0.3) is 22.0 Å². The minimum atomic E-state index is -4.91. The van der Waals surface area contributed by atoms with E-state index in [9.17, 15) is 31.5 Å². The molecule has 0 aliphatic carbocycles. The summed E-state index contributed by atoms with van der Waals surface area (Å²) in [5, 5.41) is 11.0. The van der Waals surface area contributed by atoms with E-state index < -0.39 is 28.1 Å². The second-order valence-corrected chi connectivity index (χ2v) is 13.0. The molecular weight excluding hydrogens is 593 g/mol. The third-order valence-corrected chi connectivity index (χ3v) is 8.51. The summed E-state index contributed by atoms with van der Waals surface area (Å²) in [4.78, 5) is 12.5. The molecule has 0 saturated heterocycles. The number of alkyl halides is 3. The zero-order valence-corrected chi connectivity index (χ0v) is 24.8. The number of sulfonamides is 1. The molecule has 0 bridgehead atoms. The molecule has 0 saturated carbocycles. The van der Waals surface area contributed by atoms with Crippen LogP contribution < -0.4 is 9.46 Å². The third kappa shape index (κ3) is 6.57. The van der Waals surface area contributed by atoms with E-state index in [0.717, 1.165) is 35.4 Å². The van der Waals surface area contributed by atoms with Crippen LogP contribution in [0.5, 0.6) is 5.75 Å². The summed E-state index contributed by atoms with van der Waals surface area (Å²) in [5.74, 6) is -1.70. The summed E-state index contributed by atoms with van der Waals surface area (Å²) in [6.45, 7) is 6.49. The van der Waals surface area contributed by atoms with E-state index >= 15 is 0 Å². The highest BCUT2D eigenvalue weighted by molar-refractivity contribution is 7.92. The number of aromatic carboxylic acids is 1. The molecule has 0 radical (unpaired) electrons. The zero-order chi connectivity index (χ0) is 31.9. The van der Waals surface area contributed by atoms with E-state index in [1.165, 1.54) is 6.07 Å². The van der Waals surface area contributed by atoms with Gasteiger partial charge in [-0.05, 0) is 64.6 Å². The zero-order valence-electron chi connectivity index (χ0n) is 24.0. The number of anilines is 1. The van der Waals surface area contributed by atoms with Gasteiger partial charge in [0.1, 0.15) is 11.4 Å². The van der Waals surface area contributed by atoms with Crippen molar-refractivity contribution in [3.63, 3.8) is 0 Å². The van der Waals surface area contributed by atoms with Crippen molar-refractivity contribution in [3.8, 4) is 16.9 Å². The van der Waals surface area contributed by atoms with Crippen LogP contribution in [0.3, 0.4) is 0 Å². The summed E-state index contributed by atoms with van der Waals surface area (Å²) in [7, 11) is -4.22. The fourth-order valence-corrected chi connectivity index (χ4v) is 6.08. The number of ether oxygens (including phenoxy) is 1. The van der Waals surface area contributed by atoms with Gasteiger partial charge in [0.2, 0.25) is 0 Å². The van der Waals surface area contributed by atoms with Crippen LogP contribution in [0.15, 0.2) is 102 Å². The molecule has 7 nitrogen and oxygen atoms in total. The molecule has 0 fully saturated rings. The molecule has 4 aromatic carbocycles. The van der Waals surface area contributed by atoms with Gasteiger partial charge in [0.05, 0.1) is 4.90 Å². The summed E-state index contributed by atoms with van der Waals surface area (Å²) < 4.78 is 71.9. The lowest BCUT2D eigenvalue weighted by molar-refractivity contribution is -0.274. The van der Waals surface area contributed by atoms with Crippen LogP contribution in [-0.2, 0) is 22.0 Å². The van der Waals surface area contributed by atoms with Gasteiger partial charge < -0.3 is 14.4 Å². The number of fused-ring (bicyclic) bond motifs is 1. The first kappa shape index (κ1) is 30.7. The fourth-order valence-electron chi connectivity index (χ4n) is 5.03. The van der Waals surface area contributed by atoms with Gasteiger partial charge in [0.25, 0.3) is 10.0 Å². The van der Waals surface area contributed by atoms with Gasteiger partial charge in [-0.1, -0.05) is 75.4 Å². The molecule has 44 heavy (non-hydrogen) atoms. The summed E-state index contributed by atoms with van der Waals surface area (Å²) in [6, 6.07) is 25.5. The number of carboxylic acid groups (broad SMARTS) is 1. The number of benzene rings is 4. The first-order valence-corrected chi connectivity index (χ1v) is 15.0. The molecule has 0 atom stereocenters. The fraction of sp³-hybridized carbons (Fsp3) is 0.182. The smallest absolute Gasteiger partial charge is 0.477 e. The number of nitrogens with one attached hydrogen (secondary N) is 1. The Kier molecular flexibility index (Phi) is 7.94. The Balaban J connectivity index is 1.62. The topological polar surface area (TPSA) is 97.6 Å². The van der Waals surface area contributed by atoms with Crippen molar-refractivity contribution in [2.75, 3.05) is 4.72 Å². The molecule has 1 aromatic heterocycles. The SMILES string of the molecule is CC(C)(C)c1ccc(-c2c(C(=O)O)n(Cc3ccccc3)c3ccc(NS(=O)(=O)c4ccc(OC(F)(F)F)cc4)cc23)cc1. The van der Waals surface area contributed by atoms with E-state index in [1.54, 1.807) is 16.7 Å². The van der Waals surface area contributed by atoms with Crippen molar-refractivity contribution in [2.24, 2.45) is 0 Å². The second kappa shape index (κ2) is 11.4. The Morgan fingerprint density at radius 3 is 2.09 bits per heavy atom. The third-order valence-electron chi connectivity index (χ3n) is 7.11. The molecule has 0 spiro atoms. The lowest BCUT2D eigenvalue weighted by Crippen LogP contribution is -2.17. The minimum absolute atomic E-state index is 0.0487. The number of halogens is 3. The number of nitrogens with zero attached hydrogens (tertiary/aromatic N) is 1. The monoisotopic (exact) mass is 622 g/mol. The van der Waals surface area contributed by atoms with Gasteiger partial charge in [-0.25, -0.2) is 13.2 Å². The van der Waals surface area contributed by atoms with Crippen LogP contribution in [0.4, 0.5) is 18.9 Å². The van der Waals surface area contributed by atoms with Gasteiger partial charge in [-0.3, -0.25) is 4.72 Å². The van der Waals surface area contributed by atoms with Gasteiger partial charge in [0, 0.05) is 28.7 Å². The maximum absolute atomic E-state index is 13.2. The highest BCUT2D eigenvalue weighted by Gasteiger charge is 2.31. The average molecular weight is 623 g/mol. The molecule has 0 aliphatic rings. The van der Waals surface area contributed by atoms with Gasteiger partial charge in [-0.15, -0.1) is 13.2 Å². The molecular formula is C33H29F3N2O5S. The van der Waals surface area contributed by atoms with Crippen molar-refractivity contribution in [1.29, 1.82) is 0 Å². The first-order valence-electron chi connectivity index (χ1n) is 13.6. The van der Waals surface area contributed by atoms with Crippen LogP contribution in [0.2, 0.25) is 0 Å². The van der Waals surface area contributed by atoms with E-state index in [-0.39, 0.29) is 28.2 Å². The summed E-state index contributed by atoms with van der Waals surface area (Å²) in [6.07, 6.45) is -4.91. The van der Waals surface area contributed by atoms with E-state index in [1.807, 2.05) is 54.6 Å². The molecule has 5 rings (SSSR count). The molecule has 5 aromatic rings. The van der Waals surface area contributed by atoms with Gasteiger partial charge in [-0.2, -0.15) is 0 Å². The predicted molar refractivity (Wildman–Crippen MR) is 163 cm³/mol. The van der Waals surface area contributed by atoms with E-state index in [0.29, 0.717) is 22.0 Å². The minimum Gasteiger partial charge on any atom is -0.477 e. The summed E-state index contributed by atoms with van der Waals surface area (Å²) in [5.41, 5.74) is 3.67. The lowest BCUT2D eigenvalue weighted by atomic mass is 9.86. The molecule has 0 amide bonds. The van der Waals surface area contributed by atoms with Crippen molar-refractivity contribution in [2.45, 2.75) is 44.0 Å². The molecule has 2 N–H and O–H groups in total. The Hall–Kier alpha value is -4.77. The van der Waals surface area contributed by atoms with Crippen LogP contribution in [0, 0.1) is 0 Å². The molecule has 0 aliphatic heterocycles. The van der Waals surface area contributed by atoms with Crippen LogP contribution >= 0.6 is 0 Å². The Labute approximate surface area is 252 Å². The van der Waals surface area contributed by atoms with Crippen molar-refractivity contribution in [1.82, 2.24) is 4.57 Å². The number of rotatable bonds is 8. The largest absolute Gasteiger partial charge is 0.573 e. The number of carboxylic acids is 1. The lowest BCUT2D eigenvalue weighted by Gasteiger charge is -2.19. The first-order chi connectivity index (χ1) is 20.6. The highest BCUT2D eigenvalue weighted by atomic mass is 32.2. The maximum Gasteiger partial charge on any atom is 0.573 e. The Morgan fingerprint density at radius 1 is 0.886 bits per heavy atom. The predicted octanol–water partition coefficient (Wildman–Crippen LogP) is 8.05. The number of hydrogen-bond acceptors (Lipinski definition) is 4. The van der Waals surface area contributed by atoms with Crippen LogP contribution in [-0.4, -0.2) is 30.4 Å². The number of hydrogen-bond donors (Lipinski definition) is 2. The van der Waals surface area contributed by atoms with Gasteiger partial charge >= 0.3 is 12.3 Å². The van der Waals surface area contributed by atoms with E-state index in [4.69, 9.17) is 0 Å². The van der Waals surface area contributed by atoms with E-state index in [2.05, 4.69) is 30.2 Å². The van der Waals surface area contributed by atoms with Crippen molar-refractivity contribution in [3.05, 3.63) is 114 Å². The summed E-state index contributed by atoms with van der Waals surface area (Å²) >= 11 is 0. The van der Waals surface area contributed by atoms with Gasteiger partial charge in [0.15, 0.2) is 0 Å². The molecule has 228 valence electrons. The van der Waals surface area contributed by atoms with Crippen molar-refractivity contribution >= 4 is 32.6 Å². The second-order valence-electron chi connectivity index (χ2n) is 11.3. The van der Waals surface area contributed by atoms with Crippen molar-refractivity contribution < 1.29 is 36.2 Å². The van der Waals surface area contributed by atoms with Crippen LogP contribution in [0.1, 0.15) is 42.4 Å². The maximum atomic E-state index is 13.2.